The molecule has 2 aromatic rings. The molecule has 0 aliphatic heterocycles. The summed E-state index contributed by atoms with van der Waals surface area (Å²) in [5.41, 5.74) is 2.95. The average Bonchev–Trinajstić information content (AvgIpc) is 2.84. The highest BCUT2D eigenvalue weighted by atomic mass is 32.1. The number of hydrogen-bond acceptors (Lipinski definition) is 3. The van der Waals surface area contributed by atoms with Crippen molar-refractivity contribution in [2.75, 3.05) is 7.05 Å². The first-order chi connectivity index (χ1) is 8.15. The molecule has 0 aliphatic rings. The van der Waals surface area contributed by atoms with Gasteiger partial charge in [-0.2, -0.15) is 0 Å². The van der Waals surface area contributed by atoms with E-state index in [4.69, 9.17) is 0 Å². The lowest BCUT2D eigenvalue weighted by Gasteiger charge is -2.16. The monoisotopic (exact) mass is 254 g/mol. The fourth-order valence-corrected chi connectivity index (χ4v) is 2.29. The van der Waals surface area contributed by atoms with Crippen LogP contribution in [0.5, 0.6) is 0 Å². The van der Waals surface area contributed by atoms with Crippen LogP contribution in [0.15, 0.2) is 23.0 Å². The van der Waals surface area contributed by atoms with Crippen molar-refractivity contribution in [3.05, 3.63) is 51.5 Å². The Morgan fingerprint density at radius 2 is 2.06 bits per heavy atom. The Balaban J connectivity index is 2.49. The van der Waals surface area contributed by atoms with Crippen molar-refractivity contribution in [1.82, 2.24) is 10.3 Å². The largest absolute Gasteiger partial charge is 0.308 e. The summed E-state index contributed by atoms with van der Waals surface area (Å²) in [6.45, 7) is 1.54. The molecule has 5 heteroatoms. The molecule has 0 bridgehead atoms. The molecule has 0 radical (unpaired) electrons. The third-order valence-electron chi connectivity index (χ3n) is 2.65. The van der Waals surface area contributed by atoms with Gasteiger partial charge >= 0.3 is 0 Å². The van der Waals surface area contributed by atoms with Crippen molar-refractivity contribution in [2.24, 2.45) is 0 Å². The highest BCUT2D eigenvalue weighted by molar-refractivity contribution is 7.07. The van der Waals surface area contributed by atoms with Gasteiger partial charge < -0.3 is 5.32 Å². The van der Waals surface area contributed by atoms with Crippen molar-refractivity contribution in [3.8, 4) is 0 Å². The highest BCUT2D eigenvalue weighted by Gasteiger charge is 2.20. The van der Waals surface area contributed by atoms with E-state index in [-0.39, 0.29) is 5.56 Å². The highest BCUT2D eigenvalue weighted by Crippen LogP contribution is 2.26. The number of hydrogen-bond donors (Lipinski definition) is 1. The maximum absolute atomic E-state index is 13.9. The van der Waals surface area contributed by atoms with Crippen LogP contribution in [0.2, 0.25) is 0 Å². The summed E-state index contributed by atoms with van der Waals surface area (Å²) in [6, 6.07) is 2.75. The van der Waals surface area contributed by atoms with Crippen molar-refractivity contribution in [3.63, 3.8) is 0 Å². The van der Waals surface area contributed by atoms with Gasteiger partial charge in [-0.25, -0.2) is 13.8 Å². The molecule has 0 aliphatic carbocycles. The van der Waals surface area contributed by atoms with E-state index in [1.54, 1.807) is 31.6 Å². The van der Waals surface area contributed by atoms with Gasteiger partial charge in [-0.15, -0.1) is 11.3 Å². The van der Waals surface area contributed by atoms with E-state index in [9.17, 15) is 8.78 Å². The molecule has 90 valence electrons. The van der Waals surface area contributed by atoms with Crippen molar-refractivity contribution >= 4 is 11.3 Å². The summed E-state index contributed by atoms with van der Waals surface area (Å²) < 4.78 is 27.4. The predicted octanol–water partition coefficient (Wildman–Crippen LogP) is 3.04. The lowest BCUT2D eigenvalue weighted by Crippen LogP contribution is -2.20. The van der Waals surface area contributed by atoms with Crippen LogP contribution < -0.4 is 5.32 Å². The van der Waals surface area contributed by atoms with E-state index in [0.717, 1.165) is 0 Å². The fourth-order valence-electron chi connectivity index (χ4n) is 1.71. The molecule has 1 atom stereocenters. The van der Waals surface area contributed by atoms with E-state index in [0.29, 0.717) is 11.3 Å². The third kappa shape index (κ3) is 2.21. The molecular formula is C12H12F2N2S. The minimum Gasteiger partial charge on any atom is -0.308 e. The SMILES string of the molecule is CNC(c1cscn1)c1ccc(C)c(F)c1F. The van der Waals surface area contributed by atoms with E-state index in [1.165, 1.54) is 11.3 Å². The molecule has 2 rings (SSSR count). The molecule has 1 heterocycles. The lowest BCUT2D eigenvalue weighted by atomic mass is 10.0. The first kappa shape index (κ1) is 12.1. The lowest BCUT2D eigenvalue weighted by molar-refractivity contribution is 0.481. The quantitative estimate of drug-likeness (QED) is 0.910. The number of benzene rings is 1. The summed E-state index contributed by atoms with van der Waals surface area (Å²) in [6.07, 6.45) is 0. The molecule has 0 spiro atoms. The Morgan fingerprint density at radius 1 is 1.29 bits per heavy atom. The molecule has 0 saturated heterocycles. The molecule has 1 aromatic heterocycles. The Bertz CT molecular complexity index is 511. The van der Waals surface area contributed by atoms with E-state index < -0.39 is 17.7 Å². The zero-order valence-corrected chi connectivity index (χ0v) is 10.3. The predicted molar refractivity (Wildman–Crippen MR) is 64.1 cm³/mol. The normalized spacial score (nSPS) is 12.7. The molecule has 1 aromatic carbocycles. The van der Waals surface area contributed by atoms with Crippen LogP contribution in [0.3, 0.4) is 0 Å². The first-order valence-corrected chi connectivity index (χ1v) is 6.09. The smallest absolute Gasteiger partial charge is 0.164 e. The first-order valence-electron chi connectivity index (χ1n) is 5.15. The summed E-state index contributed by atoms with van der Waals surface area (Å²) in [7, 11) is 1.70. The van der Waals surface area contributed by atoms with Gasteiger partial charge in [0, 0.05) is 10.9 Å². The number of nitrogens with one attached hydrogen (secondary N) is 1. The maximum Gasteiger partial charge on any atom is 0.164 e. The molecule has 0 amide bonds. The molecule has 17 heavy (non-hydrogen) atoms. The standard InChI is InChI=1S/C12H12F2N2S/c1-7-3-4-8(11(14)10(7)13)12(15-2)9-5-17-6-16-9/h3-6,12,15H,1-2H3. The Kier molecular flexibility index (Phi) is 3.49. The Morgan fingerprint density at radius 3 is 2.65 bits per heavy atom. The minimum absolute atomic E-state index is 0.279. The van der Waals surface area contributed by atoms with Crippen LogP contribution in [0.1, 0.15) is 22.9 Å². The summed E-state index contributed by atoms with van der Waals surface area (Å²) in [5.74, 6) is -1.60. The van der Waals surface area contributed by atoms with Crippen molar-refractivity contribution < 1.29 is 8.78 Å². The number of nitrogens with zero attached hydrogens (tertiary/aromatic N) is 1. The molecule has 0 fully saturated rings. The number of rotatable bonds is 3. The zero-order chi connectivity index (χ0) is 12.4. The van der Waals surface area contributed by atoms with Crippen molar-refractivity contribution in [2.45, 2.75) is 13.0 Å². The van der Waals surface area contributed by atoms with E-state index in [1.807, 2.05) is 5.38 Å². The van der Waals surface area contributed by atoms with Crippen LogP contribution >= 0.6 is 11.3 Å². The van der Waals surface area contributed by atoms with Crippen LogP contribution in [0, 0.1) is 18.6 Å². The van der Waals surface area contributed by atoms with E-state index in [2.05, 4.69) is 10.3 Å². The van der Waals surface area contributed by atoms with Crippen LogP contribution in [0.4, 0.5) is 8.78 Å². The van der Waals surface area contributed by atoms with Gasteiger partial charge in [-0.3, -0.25) is 0 Å². The number of halogens is 2. The average molecular weight is 254 g/mol. The minimum atomic E-state index is -0.808. The molecule has 1 unspecified atom stereocenters. The number of aryl methyl sites for hydroxylation is 1. The Hall–Kier alpha value is -1.33. The number of aromatic nitrogens is 1. The molecular weight excluding hydrogens is 242 g/mol. The second-order valence-electron chi connectivity index (χ2n) is 3.73. The van der Waals surface area contributed by atoms with E-state index >= 15 is 0 Å². The van der Waals surface area contributed by atoms with Crippen LogP contribution in [0.25, 0.3) is 0 Å². The topological polar surface area (TPSA) is 24.9 Å². The maximum atomic E-state index is 13.9. The zero-order valence-electron chi connectivity index (χ0n) is 9.50. The Labute approximate surface area is 102 Å². The number of thiazole rings is 1. The van der Waals surface area contributed by atoms with Gasteiger partial charge in [0.1, 0.15) is 0 Å². The van der Waals surface area contributed by atoms with Gasteiger partial charge in [0.25, 0.3) is 0 Å². The molecule has 2 nitrogen and oxygen atoms in total. The van der Waals surface area contributed by atoms with Gasteiger partial charge in [-0.05, 0) is 19.5 Å². The summed E-state index contributed by atoms with van der Waals surface area (Å²) >= 11 is 1.42. The third-order valence-corrected chi connectivity index (χ3v) is 3.26. The second kappa shape index (κ2) is 4.89. The van der Waals surface area contributed by atoms with Crippen LogP contribution in [-0.2, 0) is 0 Å². The second-order valence-corrected chi connectivity index (χ2v) is 4.45. The van der Waals surface area contributed by atoms with Crippen molar-refractivity contribution in [1.29, 1.82) is 0 Å². The summed E-state index contributed by atoms with van der Waals surface area (Å²) in [4.78, 5) is 4.12. The van der Waals surface area contributed by atoms with Gasteiger partial charge in [0.15, 0.2) is 11.6 Å². The van der Waals surface area contributed by atoms with Gasteiger partial charge in [0.05, 0.1) is 17.2 Å². The summed E-state index contributed by atoms with van der Waals surface area (Å²) in [5, 5.41) is 4.76. The fraction of sp³-hybridized carbons (Fsp3) is 0.250. The molecule has 0 saturated carbocycles. The van der Waals surface area contributed by atoms with Gasteiger partial charge in [0.2, 0.25) is 0 Å². The molecule has 1 N–H and O–H groups in total. The van der Waals surface area contributed by atoms with Crippen LogP contribution in [-0.4, -0.2) is 12.0 Å². The van der Waals surface area contributed by atoms with Gasteiger partial charge in [-0.1, -0.05) is 12.1 Å².